The minimum Gasteiger partial charge on any atom is -0.355 e. The monoisotopic (exact) mass is 438 g/mol. The van der Waals surface area contributed by atoms with E-state index < -0.39 is 6.04 Å². The molecule has 150 valence electrons. The van der Waals surface area contributed by atoms with Crippen molar-refractivity contribution in [2.75, 3.05) is 12.3 Å². The van der Waals surface area contributed by atoms with Gasteiger partial charge >= 0.3 is 0 Å². The van der Waals surface area contributed by atoms with Gasteiger partial charge in [0, 0.05) is 28.9 Å². The van der Waals surface area contributed by atoms with Crippen LogP contribution in [0.15, 0.2) is 48.5 Å². The molecule has 0 bridgehead atoms. The molecule has 0 unspecified atom stereocenters. The van der Waals surface area contributed by atoms with E-state index >= 15 is 0 Å². The van der Waals surface area contributed by atoms with Crippen molar-refractivity contribution in [1.29, 1.82) is 0 Å². The normalized spacial score (nSPS) is 11.7. The van der Waals surface area contributed by atoms with Crippen LogP contribution in [0.5, 0.6) is 0 Å². The first kappa shape index (κ1) is 22.6. The molecule has 0 saturated heterocycles. The molecular formula is C21H24Cl2N2O2S. The van der Waals surface area contributed by atoms with Gasteiger partial charge in [-0.05, 0) is 37.1 Å². The number of carbonyl (C=O) groups excluding carboxylic acids is 2. The van der Waals surface area contributed by atoms with Crippen LogP contribution in [0.4, 0.5) is 0 Å². The minimum absolute atomic E-state index is 0.106. The molecule has 2 aromatic carbocycles. The molecular weight excluding hydrogens is 415 g/mol. The quantitative estimate of drug-likeness (QED) is 0.612. The lowest BCUT2D eigenvalue weighted by molar-refractivity contribution is -0.138. The molecule has 2 aromatic rings. The standard InChI is InChI=1S/C21H24Cl2N2O2S/c1-3-24-21(27)15(2)25(12-17-9-10-18(22)11-19(17)23)20(26)14-28-13-16-7-5-4-6-8-16/h4-11,15H,3,12-14H2,1-2H3,(H,24,27)/t15-/m1/s1. The Morgan fingerprint density at radius 3 is 2.50 bits per heavy atom. The first-order chi connectivity index (χ1) is 13.4. The summed E-state index contributed by atoms with van der Waals surface area (Å²) in [5, 5.41) is 3.78. The highest BCUT2D eigenvalue weighted by Crippen LogP contribution is 2.24. The Kier molecular flexibility index (Phi) is 9.16. The molecule has 0 aliphatic rings. The van der Waals surface area contributed by atoms with E-state index in [9.17, 15) is 9.59 Å². The number of carbonyl (C=O) groups is 2. The van der Waals surface area contributed by atoms with Gasteiger partial charge in [-0.3, -0.25) is 9.59 Å². The SMILES string of the molecule is CCNC(=O)[C@@H](C)N(Cc1ccc(Cl)cc1Cl)C(=O)CSCc1ccccc1. The van der Waals surface area contributed by atoms with Crippen LogP contribution < -0.4 is 5.32 Å². The molecule has 0 radical (unpaired) electrons. The predicted molar refractivity (Wildman–Crippen MR) is 118 cm³/mol. The number of nitrogens with zero attached hydrogens (tertiary/aromatic N) is 1. The maximum absolute atomic E-state index is 12.9. The minimum atomic E-state index is -0.600. The maximum Gasteiger partial charge on any atom is 0.242 e. The first-order valence-electron chi connectivity index (χ1n) is 9.05. The van der Waals surface area contributed by atoms with Gasteiger partial charge in [0.15, 0.2) is 0 Å². The lowest BCUT2D eigenvalue weighted by atomic mass is 10.1. The number of hydrogen-bond acceptors (Lipinski definition) is 3. The second-order valence-electron chi connectivity index (χ2n) is 6.31. The van der Waals surface area contributed by atoms with E-state index in [2.05, 4.69) is 5.32 Å². The zero-order chi connectivity index (χ0) is 20.5. The lowest BCUT2D eigenvalue weighted by Crippen LogP contribution is -2.48. The Bertz CT molecular complexity index is 802. The van der Waals surface area contributed by atoms with Crippen molar-refractivity contribution in [2.24, 2.45) is 0 Å². The largest absolute Gasteiger partial charge is 0.355 e. The van der Waals surface area contributed by atoms with Crippen LogP contribution in [0.3, 0.4) is 0 Å². The molecule has 0 heterocycles. The van der Waals surface area contributed by atoms with Crippen LogP contribution in [-0.2, 0) is 21.9 Å². The van der Waals surface area contributed by atoms with Gasteiger partial charge in [-0.2, -0.15) is 0 Å². The highest BCUT2D eigenvalue weighted by atomic mass is 35.5. The summed E-state index contributed by atoms with van der Waals surface area (Å²) in [6, 6.07) is 14.5. The Morgan fingerprint density at radius 1 is 1.14 bits per heavy atom. The van der Waals surface area contributed by atoms with Gasteiger partial charge in [0.2, 0.25) is 11.8 Å². The van der Waals surface area contributed by atoms with Crippen LogP contribution in [0.1, 0.15) is 25.0 Å². The van der Waals surface area contributed by atoms with Crippen LogP contribution >= 0.6 is 35.0 Å². The Balaban J connectivity index is 2.09. The molecule has 0 aromatic heterocycles. The van der Waals surface area contributed by atoms with Crippen molar-refractivity contribution in [3.63, 3.8) is 0 Å². The van der Waals surface area contributed by atoms with Crippen LogP contribution in [0.2, 0.25) is 10.0 Å². The summed E-state index contributed by atoms with van der Waals surface area (Å²) in [5.41, 5.74) is 1.91. The third-order valence-electron chi connectivity index (χ3n) is 4.21. The molecule has 2 amide bonds. The van der Waals surface area contributed by atoms with Crippen molar-refractivity contribution >= 4 is 46.8 Å². The topological polar surface area (TPSA) is 49.4 Å². The number of rotatable bonds is 9. The summed E-state index contributed by atoms with van der Waals surface area (Å²) in [4.78, 5) is 26.8. The van der Waals surface area contributed by atoms with Gasteiger partial charge in [-0.25, -0.2) is 0 Å². The van der Waals surface area contributed by atoms with Gasteiger partial charge in [0.05, 0.1) is 5.75 Å². The summed E-state index contributed by atoms with van der Waals surface area (Å²) < 4.78 is 0. The number of amides is 2. The molecule has 28 heavy (non-hydrogen) atoms. The highest BCUT2D eigenvalue weighted by Gasteiger charge is 2.26. The Hall–Kier alpha value is -1.69. The number of thioether (sulfide) groups is 1. The number of likely N-dealkylation sites (N-methyl/N-ethyl adjacent to an activating group) is 1. The molecule has 0 fully saturated rings. The van der Waals surface area contributed by atoms with Crippen molar-refractivity contribution in [3.8, 4) is 0 Å². The number of nitrogens with one attached hydrogen (secondary N) is 1. The van der Waals surface area contributed by atoms with Gasteiger partial charge in [0.1, 0.15) is 6.04 Å². The third kappa shape index (κ3) is 6.73. The molecule has 0 saturated carbocycles. The highest BCUT2D eigenvalue weighted by molar-refractivity contribution is 7.99. The van der Waals surface area contributed by atoms with E-state index in [0.717, 1.165) is 16.9 Å². The molecule has 0 aliphatic carbocycles. The fourth-order valence-corrected chi connectivity index (χ4v) is 3.99. The van der Waals surface area contributed by atoms with Crippen molar-refractivity contribution in [1.82, 2.24) is 10.2 Å². The van der Waals surface area contributed by atoms with Gasteiger partial charge in [0.25, 0.3) is 0 Å². The summed E-state index contributed by atoms with van der Waals surface area (Å²) in [7, 11) is 0. The van der Waals surface area contributed by atoms with Gasteiger partial charge < -0.3 is 10.2 Å². The number of benzene rings is 2. The zero-order valence-corrected chi connectivity index (χ0v) is 18.3. The molecule has 0 spiro atoms. The second kappa shape index (κ2) is 11.3. The summed E-state index contributed by atoms with van der Waals surface area (Å²) in [6.07, 6.45) is 0. The predicted octanol–water partition coefficient (Wildman–Crippen LogP) is 4.78. The molecule has 1 N–H and O–H groups in total. The van der Waals surface area contributed by atoms with E-state index in [4.69, 9.17) is 23.2 Å². The van der Waals surface area contributed by atoms with E-state index in [1.54, 1.807) is 30.0 Å². The molecule has 1 atom stereocenters. The average Bonchev–Trinajstić information content (AvgIpc) is 2.68. The average molecular weight is 439 g/mol. The second-order valence-corrected chi connectivity index (χ2v) is 8.14. The van der Waals surface area contributed by atoms with Crippen LogP contribution in [0.25, 0.3) is 0 Å². The van der Waals surface area contributed by atoms with E-state index in [1.807, 2.05) is 37.3 Å². The lowest BCUT2D eigenvalue weighted by Gasteiger charge is -2.29. The van der Waals surface area contributed by atoms with E-state index in [-0.39, 0.29) is 24.1 Å². The maximum atomic E-state index is 12.9. The van der Waals surface area contributed by atoms with Crippen molar-refractivity contribution in [2.45, 2.75) is 32.2 Å². The molecule has 0 aliphatic heterocycles. The summed E-state index contributed by atoms with van der Waals surface area (Å²) in [6.45, 7) is 4.34. The molecule has 7 heteroatoms. The van der Waals surface area contributed by atoms with E-state index in [1.165, 1.54) is 11.8 Å². The van der Waals surface area contributed by atoms with E-state index in [0.29, 0.717) is 16.6 Å². The molecule has 2 rings (SSSR count). The Labute approximate surface area is 180 Å². The van der Waals surface area contributed by atoms with Gasteiger partial charge in [-0.15, -0.1) is 11.8 Å². The first-order valence-corrected chi connectivity index (χ1v) is 11.0. The number of halogens is 2. The van der Waals surface area contributed by atoms with Crippen LogP contribution in [0, 0.1) is 0 Å². The zero-order valence-electron chi connectivity index (χ0n) is 16.0. The van der Waals surface area contributed by atoms with Crippen LogP contribution in [-0.4, -0.2) is 35.1 Å². The molecule has 4 nitrogen and oxygen atoms in total. The third-order valence-corrected chi connectivity index (χ3v) is 5.79. The summed E-state index contributed by atoms with van der Waals surface area (Å²) >= 11 is 13.8. The number of hydrogen-bond donors (Lipinski definition) is 1. The fraction of sp³-hybridized carbons (Fsp3) is 0.333. The van der Waals surface area contributed by atoms with Crippen molar-refractivity contribution < 1.29 is 9.59 Å². The summed E-state index contributed by atoms with van der Waals surface area (Å²) in [5.74, 6) is 0.723. The fourth-order valence-electron chi connectivity index (χ4n) is 2.65. The van der Waals surface area contributed by atoms with Gasteiger partial charge in [-0.1, -0.05) is 59.6 Å². The van der Waals surface area contributed by atoms with Crippen molar-refractivity contribution in [3.05, 3.63) is 69.7 Å². The Morgan fingerprint density at radius 2 is 1.86 bits per heavy atom. The smallest absolute Gasteiger partial charge is 0.242 e.